The lowest BCUT2D eigenvalue weighted by molar-refractivity contribution is -0.384. The number of benzene rings is 1. The number of nitrogens with zero attached hydrogens (tertiary/aromatic N) is 1. The van der Waals surface area contributed by atoms with Crippen molar-refractivity contribution >= 4 is 17.3 Å². The summed E-state index contributed by atoms with van der Waals surface area (Å²) in [7, 11) is 0. The van der Waals surface area contributed by atoms with Crippen LogP contribution in [0.4, 0.5) is 11.4 Å². The topological polar surface area (TPSA) is 140 Å². The molecule has 1 aliphatic rings. The number of nitro groups is 1. The third-order valence-corrected chi connectivity index (χ3v) is 6.51. The van der Waals surface area contributed by atoms with Crippen molar-refractivity contribution in [2.24, 2.45) is 10.8 Å². The minimum atomic E-state index is -1.03. The number of nitrogens with one attached hydrogen (secondary N) is 2. The first kappa shape index (κ1) is 26.9. The monoisotopic (exact) mass is 464 g/mol. The molecule has 2 rings (SSSR count). The predicted octanol–water partition coefficient (Wildman–Crippen LogP) is 3.70. The smallest absolute Gasteiger partial charge is 0.295 e. The summed E-state index contributed by atoms with van der Waals surface area (Å²) in [4.78, 5) is 22.0. The Kier molecular flexibility index (Phi) is 8.02. The normalized spacial score (nSPS) is 20.0. The fourth-order valence-corrected chi connectivity index (χ4v) is 5.22. The van der Waals surface area contributed by atoms with Gasteiger partial charge in [0.2, 0.25) is 5.91 Å². The number of unbranched alkanes of at least 4 members (excludes halogenated alkanes) is 2. The molecule has 5 N–H and O–H groups in total. The van der Waals surface area contributed by atoms with Crippen molar-refractivity contribution in [3.63, 3.8) is 0 Å². The minimum Gasteiger partial charge on any atom is -0.483 e. The van der Waals surface area contributed by atoms with Crippen LogP contribution in [0.15, 0.2) is 12.1 Å². The molecule has 33 heavy (non-hydrogen) atoms. The number of carbonyl (C=O) groups is 1. The molecule has 1 heterocycles. The van der Waals surface area contributed by atoms with Crippen LogP contribution in [0.2, 0.25) is 0 Å². The number of ether oxygens (including phenoxy) is 1. The molecule has 0 radical (unpaired) electrons. The van der Waals surface area contributed by atoms with E-state index in [1.807, 2.05) is 41.5 Å². The van der Waals surface area contributed by atoms with E-state index in [1.165, 1.54) is 13.0 Å². The number of hydrogen-bond acceptors (Lipinski definition) is 7. The van der Waals surface area contributed by atoms with E-state index in [1.54, 1.807) is 6.07 Å². The average molecular weight is 465 g/mol. The maximum atomic E-state index is 11.8. The third kappa shape index (κ3) is 5.41. The molecule has 1 aromatic rings. The number of nitro benzene ring substituents is 1. The summed E-state index contributed by atoms with van der Waals surface area (Å²) in [5.74, 6) is 0.330. The number of nitrogen functional groups attached to an aromatic ring is 1. The summed E-state index contributed by atoms with van der Waals surface area (Å²) in [5.41, 5.74) is 4.43. The van der Waals surface area contributed by atoms with Crippen molar-refractivity contribution in [3.05, 3.63) is 27.8 Å². The Balaban J connectivity index is 2.40. The van der Waals surface area contributed by atoms with Crippen LogP contribution < -0.4 is 21.1 Å². The van der Waals surface area contributed by atoms with E-state index in [4.69, 9.17) is 10.5 Å². The second-order valence-corrected chi connectivity index (χ2v) is 11.0. The number of anilines is 1. The van der Waals surface area contributed by atoms with Crippen LogP contribution in [-0.4, -0.2) is 40.7 Å². The summed E-state index contributed by atoms with van der Waals surface area (Å²) in [6, 6.07) is 2.41. The van der Waals surface area contributed by atoms with Crippen molar-refractivity contribution in [2.45, 2.75) is 85.5 Å². The molecular weight excluding hydrogens is 424 g/mol. The first-order chi connectivity index (χ1) is 15.1. The summed E-state index contributed by atoms with van der Waals surface area (Å²) in [6.45, 7) is 14.8. The Morgan fingerprint density at radius 3 is 2.24 bits per heavy atom. The number of amides is 1. The lowest BCUT2D eigenvalue weighted by Crippen LogP contribution is -2.69. The maximum absolute atomic E-state index is 11.8. The molecular formula is C24H40N4O5. The maximum Gasteiger partial charge on any atom is 0.295 e. The molecule has 0 spiro atoms. The van der Waals surface area contributed by atoms with Crippen LogP contribution >= 0.6 is 0 Å². The molecule has 1 aliphatic heterocycles. The third-order valence-electron chi connectivity index (χ3n) is 6.51. The van der Waals surface area contributed by atoms with Crippen LogP contribution in [0, 0.1) is 20.9 Å². The van der Waals surface area contributed by atoms with Crippen LogP contribution in [0.25, 0.3) is 0 Å². The Bertz CT molecular complexity index is 859. The highest BCUT2D eigenvalue weighted by atomic mass is 16.6. The van der Waals surface area contributed by atoms with E-state index in [0.717, 1.165) is 19.3 Å². The van der Waals surface area contributed by atoms with Crippen LogP contribution in [0.1, 0.15) is 79.3 Å². The summed E-state index contributed by atoms with van der Waals surface area (Å²) >= 11 is 0. The summed E-state index contributed by atoms with van der Waals surface area (Å²) in [6.07, 6.45) is 1.69. The van der Waals surface area contributed by atoms with Crippen LogP contribution in [0.5, 0.6) is 5.75 Å². The van der Waals surface area contributed by atoms with Crippen molar-refractivity contribution in [2.75, 3.05) is 18.8 Å². The second kappa shape index (κ2) is 9.85. The number of carbonyl (C=O) groups excluding carboxylic acids is 1. The van der Waals surface area contributed by atoms with Gasteiger partial charge in [-0.1, -0.05) is 48.0 Å². The van der Waals surface area contributed by atoms with Gasteiger partial charge in [-0.25, -0.2) is 0 Å². The van der Waals surface area contributed by atoms with Gasteiger partial charge in [-0.2, -0.15) is 0 Å². The SMILES string of the molecule is CC(=O)NCCCCCNC1c2cc(N)c([N+](=O)[O-])cc2OC(C(C)(C)C)(C(C)(C)C)C1O. The zero-order chi connectivity index (χ0) is 25.2. The number of rotatable bonds is 8. The number of aliphatic hydroxyl groups excluding tert-OH is 1. The van der Waals surface area contributed by atoms with E-state index in [9.17, 15) is 20.0 Å². The molecule has 186 valence electrons. The predicted molar refractivity (Wildman–Crippen MR) is 129 cm³/mol. The van der Waals surface area contributed by atoms with Gasteiger partial charge in [0.1, 0.15) is 23.1 Å². The number of hydrogen-bond donors (Lipinski definition) is 4. The first-order valence-electron chi connectivity index (χ1n) is 11.6. The molecule has 0 saturated heterocycles. The van der Waals surface area contributed by atoms with Gasteiger partial charge in [-0.3, -0.25) is 14.9 Å². The van der Waals surface area contributed by atoms with E-state index < -0.39 is 33.5 Å². The first-order valence-corrected chi connectivity index (χ1v) is 11.6. The average Bonchev–Trinajstić information content (AvgIpc) is 2.65. The minimum absolute atomic E-state index is 0.0377. The lowest BCUT2D eigenvalue weighted by Gasteiger charge is -2.59. The van der Waals surface area contributed by atoms with Crippen LogP contribution in [-0.2, 0) is 4.79 Å². The quantitative estimate of drug-likeness (QED) is 0.199. The molecule has 0 fully saturated rings. The van der Waals surface area contributed by atoms with E-state index in [2.05, 4.69) is 10.6 Å². The van der Waals surface area contributed by atoms with Gasteiger partial charge >= 0.3 is 0 Å². The number of nitrogens with two attached hydrogens (primary N) is 1. The van der Waals surface area contributed by atoms with Gasteiger partial charge < -0.3 is 26.2 Å². The van der Waals surface area contributed by atoms with E-state index >= 15 is 0 Å². The summed E-state index contributed by atoms with van der Waals surface area (Å²) < 4.78 is 6.53. The van der Waals surface area contributed by atoms with Crippen LogP contribution in [0.3, 0.4) is 0 Å². The molecule has 0 aliphatic carbocycles. The molecule has 1 amide bonds. The number of fused-ring (bicyclic) bond motifs is 1. The Hall–Kier alpha value is -2.39. The molecule has 9 heteroatoms. The van der Waals surface area contributed by atoms with Gasteiger partial charge in [0, 0.05) is 29.9 Å². The highest BCUT2D eigenvalue weighted by Crippen LogP contribution is 2.56. The van der Waals surface area contributed by atoms with Gasteiger partial charge in [-0.15, -0.1) is 0 Å². The lowest BCUT2D eigenvalue weighted by atomic mass is 9.57. The van der Waals surface area contributed by atoms with Gasteiger partial charge in [-0.05, 0) is 25.5 Å². The van der Waals surface area contributed by atoms with Crippen molar-refractivity contribution in [3.8, 4) is 5.75 Å². The largest absolute Gasteiger partial charge is 0.483 e. The highest BCUT2D eigenvalue weighted by molar-refractivity contribution is 5.72. The molecule has 2 atom stereocenters. The Labute approximate surface area is 196 Å². The Morgan fingerprint density at radius 1 is 1.15 bits per heavy atom. The fourth-order valence-electron chi connectivity index (χ4n) is 5.22. The molecule has 0 aromatic heterocycles. The Morgan fingerprint density at radius 2 is 1.73 bits per heavy atom. The number of aliphatic hydroxyl groups is 1. The zero-order valence-electron chi connectivity index (χ0n) is 20.9. The molecule has 0 bridgehead atoms. The van der Waals surface area contributed by atoms with E-state index in [0.29, 0.717) is 24.4 Å². The molecule has 2 unspecified atom stereocenters. The zero-order valence-corrected chi connectivity index (χ0v) is 20.9. The second-order valence-electron chi connectivity index (χ2n) is 11.0. The van der Waals surface area contributed by atoms with Gasteiger partial charge in [0.15, 0.2) is 0 Å². The molecule has 1 aromatic carbocycles. The van der Waals surface area contributed by atoms with Gasteiger partial charge in [0.05, 0.1) is 17.0 Å². The molecule has 0 saturated carbocycles. The molecule has 9 nitrogen and oxygen atoms in total. The van der Waals surface area contributed by atoms with Crippen molar-refractivity contribution < 1.29 is 19.6 Å². The van der Waals surface area contributed by atoms with Crippen molar-refractivity contribution in [1.29, 1.82) is 0 Å². The summed E-state index contributed by atoms with van der Waals surface area (Å²) in [5, 5.41) is 29.5. The highest BCUT2D eigenvalue weighted by Gasteiger charge is 2.62. The van der Waals surface area contributed by atoms with Crippen molar-refractivity contribution in [1.82, 2.24) is 10.6 Å². The standard InChI is InChI=1S/C24H40N4O5/c1-15(29)26-11-9-8-10-12-27-20-16-13-17(25)18(28(31)32)14-19(16)33-24(21(20)30,22(2,3)4)23(5,6)7/h13-14,20-21,27,30H,8-12,25H2,1-7H3,(H,26,29). The van der Waals surface area contributed by atoms with Gasteiger partial charge in [0.25, 0.3) is 5.69 Å². The fraction of sp³-hybridized carbons (Fsp3) is 0.708. The van der Waals surface area contributed by atoms with E-state index in [-0.39, 0.29) is 17.3 Å².